The van der Waals surface area contributed by atoms with E-state index in [0.717, 1.165) is 18.6 Å². The third kappa shape index (κ3) is 4.05. The molecule has 0 heterocycles. The Hall–Kier alpha value is -1.39. The van der Waals surface area contributed by atoms with Crippen molar-refractivity contribution < 1.29 is 9.53 Å². The van der Waals surface area contributed by atoms with Gasteiger partial charge in [0, 0.05) is 24.6 Å². The number of amides is 1. The standard InChI is InChI=1S/C17H26N2O2/c1-4-21-15-10-14(17(15,2)3)18-12-16(20)19-11-13-8-6-5-7-9-13/h5-9,14-15,18H,4,10-12H2,1-3H3,(H,19,20). The molecule has 1 aliphatic carbocycles. The van der Waals surface area contributed by atoms with E-state index in [-0.39, 0.29) is 11.3 Å². The molecule has 2 N–H and O–H groups in total. The molecule has 2 atom stereocenters. The Kier molecular flexibility index (Phi) is 5.37. The normalized spacial score (nSPS) is 23.4. The van der Waals surface area contributed by atoms with Gasteiger partial charge < -0.3 is 15.4 Å². The van der Waals surface area contributed by atoms with Crippen molar-refractivity contribution in [1.82, 2.24) is 10.6 Å². The van der Waals surface area contributed by atoms with E-state index in [1.54, 1.807) is 0 Å². The maximum atomic E-state index is 11.9. The fourth-order valence-corrected chi connectivity index (χ4v) is 2.79. The number of hydrogen-bond donors (Lipinski definition) is 2. The van der Waals surface area contributed by atoms with Crippen molar-refractivity contribution in [2.75, 3.05) is 13.2 Å². The Bertz CT molecular complexity index is 459. The molecule has 0 aliphatic heterocycles. The molecule has 0 bridgehead atoms. The van der Waals surface area contributed by atoms with Gasteiger partial charge in [-0.3, -0.25) is 4.79 Å². The minimum atomic E-state index is 0.0366. The van der Waals surface area contributed by atoms with Gasteiger partial charge >= 0.3 is 0 Å². The second-order valence-corrected chi connectivity index (χ2v) is 6.20. The molecule has 1 fully saturated rings. The van der Waals surface area contributed by atoms with Gasteiger partial charge in [-0.1, -0.05) is 44.2 Å². The van der Waals surface area contributed by atoms with E-state index >= 15 is 0 Å². The van der Waals surface area contributed by atoms with Gasteiger partial charge in [0.1, 0.15) is 0 Å². The van der Waals surface area contributed by atoms with E-state index in [1.807, 2.05) is 37.3 Å². The summed E-state index contributed by atoms with van der Waals surface area (Å²) < 4.78 is 5.69. The summed E-state index contributed by atoms with van der Waals surface area (Å²) in [5.74, 6) is 0.0366. The Morgan fingerprint density at radius 1 is 1.33 bits per heavy atom. The quantitative estimate of drug-likeness (QED) is 0.808. The molecule has 1 amide bonds. The summed E-state index contributed by atoms with van der Waals surface area (Å²) in [4.78, 5) is 11.9. The van der Waals surface area contributed by atoms with Crippen LogP contribution in [0.4, 0.5) is 0 Å². The van der Waals surface area contributed by atoms with Crippen LogP contribution in [0, 0.1) is 5.41 Å². The average Bonchev–Trinajstić information content (AvgIpc) is 2.49. The summed E-state index contributed by atoms with van der Waals surface area (Å²) in [6.07, 6.45) is 1.28. The lowest BCUT2D eigenvalue weighted by atomic mass is 9.64. The fraction of sp³-hybridized carbons (Fsp3) is 0.588. The van der Waals surface area contributed by atoms with Gasteiger partial charge in [0.05, 0.1) is 12.6 Å². The lowest BCUT2D eigenvalue weighted by Crippen LogP contribution is -2.62. The Balaban J connectivity index is 1.68. The molecule has 21 heavy (non-hydrogen) atoms. The fourth-order valence-electron chi connectivity index (χ4n) is 2.79. The number of carbonyl (C=O) groups is 1. The molecule has 1 saturated carbocycles. The van der Waals surface area contributed by atoms with Crippen LogP contribution in [0.5, 0.6) is 0 Å². The zero-order valence-corrected chi connectivity index (χ0v) is 13.2. The van der Waals surface area contributed by atoms with Crippen LogP contribution in [0.25, 0.3) is 0 Å². The monoisotopic (exact) mass is 290 g/mol. The van der Waals surface area contributed by atoms with Crippen molar-refractivity contribution in [3.05, 3.63) is 35.9 Å². The molecule has 0 spiro atoms. The first-order valence-corrected chi connectivity index (χ1v) is 7.69. The van der Waals surface area contributed by atoms with Gasteiger partial charge in [-0.15, -0.1) is 0 Å². The van der Waals surface area contributed by atoms with E-state index in [9.17, 15) is 4.79 Å². The predicted octanol–water partition coefficient (Wildman–Crippen LogP) is 2.10. The number of benzene rings is 1. The molecular weight excluding hydrogens is 264 g/mol. The Morgan fingerprint density at radius 2 is 2.05 bits per heavy atom. The van der Waals surface area contributed by atoms with Gasteiger partial charge in [-0.05, 0) is 18.9 Å². The Morgan fingerprint density at radius 3 is 2.67 bits per heavy atom. The number of nitrogens with one attached hydrogen (secondary N) is 2. The smallest absolute Gasteiger partial charge is 0.234 e. The molecule has 0 aromatic heterocycles. The van der Waals surface area contributed by atoms with Crippen LogP contribution in [-0.4, -0.2) is 31.2 Å². The molecule has 0 radical (unpaired) electrons. The summed E-state index contributed by atoms with van der Waals surface area (Å²) in [7, 11) is 0. The van der Waals surface area contributed by atoms with Crippen LogP contribution in [0.15, 0.2) is 30.3 Å². The molecule has 2 rings (SSSR count). The molecule has 1 aromatic carbocycles. The number of carbonyl (C=O) groups excluding carboxylic acids is 1. The SMILES string of the molecule is CCOC1CC(NCC(=O)NCc2ccccc2)C1(C)C. The first kappa shape index (κ1) is 16.0. The second-order valence-electron chi connectivity index (χ2n) is 6.20. The average molecular weight is 290 g/mol. The van der Waals surface area contributed by atoms with Crippen LogP contribution in [-0.2, 0) is 16.1 Å². The summed E-state index contributed by atoms with van der Waals surface area (Å²) in [5, 5.41) is 6.28. The van der Waals surface area contributed by atoms with Gasteiger partial charge in [0.2, 0.25) is 5.91 Å². The summed E-state index contributed by atoms with van der Waals surface area (Å²) >= 11 is 0. The van der Waals surface area contributed by atoms with E-state index in [1.165, 1.54) is 0 Å². The summed E-state index contributed by atoms with van der Waals surface area (Å²) in [6, 6.07) is 10.3. The molecule has 4 nitrogen and oxygen atoms in total. The predicted molar refractivity (Wildman–Crippen MR) is 83.9 cm³/mol. The lowest BCUT2D eigenvalue weighted by Gasteiger charge is -2.51. The van der Waals surface area contributed by atoms with E-state index < -0.39 is 0 Å². The highest BCUT2D eigenvalue weighted by Crippen LogP contribution is 2.42. The molecule has 4 heteroatoms. The topological polar surface area (TPSA) is 50.4 Å². The zero-order valence-electron chi connectivity index (χ0n) is 13.2. The van der Waals surface area contributed by atoms with E-state index in [2.05, 4.69) is 24.5 Å². The third-order valence-electron chi connectivity index (χ3n) is 4.39. The third-order valence-corrected chi connectivity index (χ3v) is 4.39. The van der Waals surface area contributed by atoms with Crippen LogP contribution < -0.4 is 10.6 Å². The second kappa shape index (κ2) is 7.05. The highest BCUT2D eigenvalue weighted by Gasteiger charge is 2.48. The van der Waals surface area contributed by atoms with Crippen LogP contribution in [0.2, 0.25) is 0 Å². The molecule has 116 valence electrons. The largest absolute Gasteiger partial charge is 0.378 e. The molecule has 2 unspecified atom stereocenters. The van der Waals surface area contributed by atoms with Gasteiger partial charge in [0.15, 0.2) is 0 Å². The van der Waals surface area contributed by atoms with Crippen molar-refractivity contribution in [2.45, 2.75) is 45.9 Å². The minimum Gasteiger partial charge on any atom is -0.378 e. The highest BCUT2D eigenvalue weighted by atomic mass is 16.5. The molecular formula is C17H26N2O2. The molecule has 1 aliphatic rings. The van der Waals surface area contributed by atoms with Crippen LogP contribution in [0.3, 0.4) is 0 Å². The molecule has 0 saturated heterocycles. The van der Waals surface area contributed by atoms with Crippen molar-refractivity contribution in [3.8, 4) is 0 Å². The van der Waals surface area contributed by atoms with Crippen LogP contribution >= 0.6 is 0 Å². The summed E-state index contributed by atoms with van der Waals surface area (Å²) in [5.41, 5.74) is 1.21. The van der Waals surface area contributed by atoms with E-state index in [4.69, 9.17) is 4.74 Å². The van der Waals surface area contributed by atoms with Crippen molar-refractivity contribution in [3.63, 3.8) is 0 Å². The minimum absolute atomic E-state index is 0.0366. The zero-order chi connectivity index (χ0) is 15.3. The highest BCUT2D eigenvalue weighted by molar-refractivity contribution is 5.78. The van der Waals surface area contributed by atoms with E-state index in [0.29, 0.717) is 25.2 Å². The maximum Gasteiger partial charge on any atom is 0.234 e. The lowest BCUT2D eigenvalue weighted by molar-refractivity contribution is -0.126. The van der Waals surface area contributed by atoms with Gasteiger partial charge in [0.25, 0.3) is 0 Å². The maximum absolute atomic E-state index is 11.9. The first-order chi connectivity index (χ1) is 10.0. The van der Waals surface area contributed by atoms with Crippen LogP contribution in [0.1, 0.15) is 32.8 Å². The first-order valence-electron chi connectivity index (χ1n) is 7.69. The number of ether oxygens (including phenoxy) is 1. The Labute approximate surface area is 127 Å². The van der Waals surface area contributed by atoms with Gasteiger partial charge in [-0.25, -0.2) is 0 Å². The van der Waals surface area contributed by atoms with Crippen molar-refractivity contribution in [2.24, 2.45) is 5.41 Å². The number of hydrogen-bond acceptors (Lipinski definition) is 3. The van der Waals surface area contributed by atoms with Crippen molar-refractivity contribution in [1.29, 1.82) is 0 Å². The summed E-state index contributed by atoms with van der Waals surface area (Å²) in [6.45, 7) is 8.09. The number of rotatable bonds is 7. The van der Waals surface area contributed by atoms with Crippen molar-refractivity contribution >= 4 is 5.91 Å². The molecule has 1 aromatic rings. The van der Waals surface area contributed by atoms with Gasteiger partial charge in [-0.2, -0.15) is 0 Å².